The molecule has 0 radical (unpaired) electrons. The fraction of sp³-hybridized carbons (Fsp3) is 0.154. The predicted octanol–water partition coefficient (Wildman–Crippen LogP) is 3.06. The lowest BCUT2D eigenvalue weighted by molar-refractivity contribution is -0.0493. The third kappa shape index (κ3) is 3.67. The van der Waals surface area contributed by atoms with Gasteiger partial charge in [0.15, 0.2) is 0 Å². The Morgan fingerprint density at radius 3 is 2.80 bits per heavy atom. The number of carbonyl (C=O) groups excluding carboxylic acids is 1. The fourth-order valence-electron chi connectivity index (χ4n) is 1.60. The van der Waals surface area contributed by atoms with Crippen LogP contribution in [0.15, 0.2) is 35.7 Å². The van der Waals surface area contributed by atoms with Gasteiger partial charge in [-0.15, -0.1) is 11.3 Å². The van der Waals surface area contributed by atoms with E-state index in [2.05, 4.69) is 10.1 Å². The molecule has 2 rings (SSSR count). The van der Waals surface area contributed by atoms with Crippen molar-refractivity contribution in [3.05, 3.63) is 46.2 Å². The highest BCUT2D eigenvalue weighted by Crippen LogP contribution is 2.26. The first-order valence-corrected chi connectivity index (χ1v) is 6.59. The number of rotatable bonds is 6. The van der Waals surface area contributed by atoms with E-state index in [4.69, 9.17) is 5.73 Å². The molecule has 0 aliphatic heterocycles. The van der Waals surface area contributed by atoms with Gasteiger partial charge in [0.25, 0.3) is 0 Å². The molecule has 0 saturated carbocycles. The number of nitrogens with two attached hydrogens (primary N) is 1. The van der Waals surface area contributed by atoms with Crippen LogP contribution in [0.4, 0.5) is 14.5 Å². The maximum atomic E-state index is 12.3. The number of ether oxygens (including phenoxy) is 1. The van der Waals surface area contributed by atoms with Crippen molar-refractivity contribution in [3.63, 3.8) is 0 Å². The average Bonchev–Trinajstić information content (AvgIpc) is 2.86. The number of primary amides is 1. The van der Waals surface area contributed by atoms with Crippen LogP contribution in [-0.4, -0.2) is 12.5 Å². The molecule has 0 aliphatic carbocycles. The standard InChI is InChI=1S/C13H12F2N2O2S/c14-13(15)19-11-4-2-1-3-10(11)17-6-9-5-8(7-20-9)12(16)18/h1-5,7,13,17H,6H2,(H2,16,18). The average molecular weight is 298 g/mol. The first kappa shape index (κ1) is 14.3. The Bertz CT molecular complexity index is 602. The van der Waals surface area contributed by atoms with Crippen molar-refractivity contribution in [2.45, 2.75) is 13.2 Å². The van der Waals surface area contributed by atoms with Crippen molar-refractivity contribution in [3.8, 4) is 5.75 Å². The second-order valence-corrected chi connectivity index (χ2v) is 4.89. The lowest BCUT2D eigenvalue weighted by Crippen LogP contribution is -2.09. The van der Waals surface area contributed by atoms with Gasteiger partial charge in [-0.25, -0.2) is 0 Å². The Balaban J connectivity index is 2.04. The Kier molecular flexibility index (Phi) is 4.52. The minimum absolute atomic E-state index is 0.0779. The van der Waals surface area contributed by atoms with E-state index < -0.39 is 12.5 Å². The number of anilines is 1. The third-order valence-corrected chi connectivity index (χ3v) is 3.43. The summed E-state index contributed by atoms with van der Waals surface area (Å²) in [4.78, 5) is 11.8. The van der Waals surface area contributed by atoms with E-state index in [-0.39, 0.29) is 5.75 Å². The van der Waals surface area contributed by atoms with Gasteiger partial charge in [-0.3, -0.25) is 4.79 Å². The Hall–Kier alpha value is -2.15. The summed E-state index contributed by atoms with van der Waals surface area (Å²) in [6.45, 7) is -2.48. The molecule has 1 aromatic carbocycles. The third-order valence-electron chi connectivity index (χ3n) is 2.49. The molecule has 0 spiro atoms. The fourth-order valence-corrected chi connectivity index (χ4v) is 2.41. The molecule has 7 heteroatoms. The first-order chi connectivity index (χ1) is 9.56. The lowest BCUT2D eigenvalue weighted by Gasteiger charge is -2.11. The van der Waals surface area contributed by atoms with E-state index in [1.54, 1.807) is 29.6 Å². The van der Waals surface area contributed by atoms with Crippen LogP contribution in [-0.2, 0) is 6.54 Å². The van der Waals surface area contributed by atoms with Crippen molar-refractivity contribution in [2.75, 3.05) is 5.32 Å². The molecule has 1 amide bonds. The number of nitrogens with one attached hydrogen (secondary N) is 1. The van der Waals surface area contributed by atoms with E-state index in [0.717, 1.165) is 4.88 Å². The Morgan fingerprint density at radius 2 is 2.15 bits per heavy atom. The van der Waals surface area contributed by atoms with Gasteiger partial charge in [0.05, 0.1) is 11.3 Å². The minimum atomic E-state index is -2.87. The molecule has 0 bridgehead atoms. The zero-order valence-electron chi connectivity index (χ0n) is 10.3. The quantitative estimate of drug-likeness (QED) is 0.861. The maximum Gasteiger partial charge on any atom is 0.387 e. The molecule has 106 valence electrons. The number of hydrogen-bond donors (Lipinski definition) is 2. The van der Waals surface area contributed by atoms with Gasteiger partial charge in [0.2, 0.25) is 5.91 Å². The highest BCUT2D eigenvalue weighted by molar-refractivity contribution is 7.10. The molecular weight excluding hydrogens is 286 g/mol. The van der Waals surface area contributed by atoms with Gasteiger partial charge in [-0.1, -0.05) is 12.1 Å². The van der Waals surface area contributed by atoms with Gasteiger partial charge >= 0.3 is 6.61 Å². The van der Waals surface area contributed by atoms with Crippen LogP contribution in [0, 0.1) is 0 Å². The summed E-state index contributed by atoms with van der Waals surface area (Å²) < 4.78 is 28.9. The van der Waals surface area contributed by atoms with Crippen LogP contribution < -0.4 is 15.8 Å². The van der Waals surface area contributed by atoms with E-state index in [1.165, 1.54) is 17.4 Å². The number of carbonyl (C=O) groups is 1. The van der Waals surface area contributed by atoms with Crippen molar-refractivity contribution < 1.29 is 18.3 Å². The Labute approximate surface area is 118 Å². The summed E-state index contributed by atoms with van der Waals surface area (Å²) in [7, 11) is 0. The summed E-state index contributed by atoms with van der Waals surface area (Å²) in [5, 5.41) is 4.64. The minimum Gasteiger partial charge on any atom is -0.433 e. The number of para-hydroxylation sites is 2. The number of halogens is 2. The Morgan fingerprint density at radius 1 is 1.40 bits per heavy atom. The summed E-state index contributed by atoms with van der Waals surface area (Å²) in [6, 6.07) is 8.08. The van der Waals surface area contributed by atoms with E-state index in [9.17, 15) is 13.6 Å². The highest BCUT2D eigenvalue weighted by Gasteiger charge is 2.09. The second-order valence-electron chi connectivity index (χ2n) is 3.89. The largest absolute Gasteiger partial charge is 0.433 e. The summed E-state index contributed by atoms with van der Waals surface area (Å²) in [6.07, 6.45) is 0. The molecule has 2 aromatic rings. The number of hydrogen-bond acceptors (Lipinski definition) is 4. The van der Waals surface area contributed by atoms with Crippen molar-refractivity contribution in [1.82, 2.24) is 0 Å². The van der Waals surface area contributed by atoms with Crippen molar-refractivity contribution >= 4 is 22.9 Å². The van der Waals surface area contributed by atoms with Gasteiger partial charge in [-0.05, 0) is 18.2 Å². The predicted molar refractivity (Wildman–Crippen MR) is 73.2 cm³/mol. The molecule has 0 saturated heterocycles. The molecule has 0 atom stereocenters. The number of benzene rings is 1. The topological polar surface area (TPSA) is 64.4 Å². The van der Waals surface area contributed by atoms with Crippen molar-refractivity contribution in [2.24, 2.45) is 5.73 Å². The molecular formula is C13H12F2N2O2S. The number of amides is 1. The van der Waals surface area contributed by atoms with Gasteiger partial charge in [0, 0.05) is 16.8 Å². The van der Waals surface area contributed by atoms with Crippen LogP contribution in [0.2, 0.25) is 0 Å². The summed E-state index contributed by atoms with van der Waals surface area (Å²) in [5.41, 5.74) is 6.05. The monoisotopic (exact) mass is 298 g/mol. The highest BCUT2D eigenvalue weighted by atomic mass is 32.1. The van der Waals surface area contributed by atoms with Crippen LogP contribution in [0.3, 0.4) is 0 Å². The van der Waals surface area contributed by atoms with Crippen LogP contribution >= 0.6 is 11.3 Å². The van der Waals surface area contributed by atoms with Crippen LogP contribution in [0.5, 0.6) is 5.75 Å². The number of thiophene rings is 1. The van der Waals surface area contributed by atoms with E-state index in [1.807, 2.05) is 0 Å². The van der Waals surface area contributed by atoms with Gasteiger partial charge in [0.1, 0.15) is 5.75 Å². The summed E-state index contributed by atoms with van der Waals surface area (Å²) >= 11 is 1.36. The van der Waals surface area contributed by atoms with Crippen LogP contribution in [0.1, 0.15) is 15.2 Å². The maximum absolute atomic E-state index is 12.3. The van der Waals surface area contributed by atoms with Crippen LogP contribution in [0.25, 0.3) is 0 Å². The van der Waals surface area contributed by atoms with Gasteiger partial charge in [-0.2, -0.15) is 8.78 Å². The molecule has 0 unspecified atom stereocenters. The van der Waals surface area contributed by atoms with E-state index in [0.29, 0.717) is 17.8 Å². The number of alkyl halides is 2. The molecule has 4 nitrogen and oxygen atoms in total. The van der Waals surface area contributed by atoms with Gasteiger partial charge < -0.3 is 15.8 Å². The molecule has 1 heterocycles. The smallest absolute Gasteiger partial charge is 0.387 e. The first-order valence-electron chi connectivity index (χ1n) is 5.71. The second kappa shape index (κ2) is 6.33. The molecule has 0 aliphatic rings. The SMILES string of the molecule is NC(=O)c1csc(CNc2ccccc2OC(F)F)c1. The summed E-state index contributed by atoms with van der Waals surface area (Å²) in [5.74, 6) is -0.414. The molecule has 3 N–H and O–H groups in total. The van der Waals surface area contributed by atoms with Crippen molar-refractivity contribution in [1.29, 1.82) is 0 Å². The zero-order valence-corrected chi connectivity index (χ0v) is 11.1. The lowest BCUT2D eigenvalue weighted by atomic mass is 10.2. The zero-order chi connectivity index (χ0) is 14.5. The molecule has 20 heavy (non-hydrogen) atoms. The normalized spacial score (nSPS) is 10.6. The van der Waals surface area contributed by atoms with E-state index >= 15 is 0 Å². The molecule has 0 fully saturated rings. The molecule has 1 aromatic heterocycles.